The van der Waals surface area contributed by atoms with Crippen molar-refractivity contribution < 1.29 is 4.74 Å². The second-order valence-corrected chi connectivity index (χ2v) is 5.25. The van der Waals surface area contributed by atoms with Gasteiger partial charge in [-0.15, -0.1) is 0 Å². The zero-order chi connectivity index (χ0) is 14.1. The maximum atomic E-state index is 8.81. The predicted molar refractivity (Wildman–Crippen MR) is 77.9 cm³/mol. The van der Waals surface area contributed by atoms with Gasteiger partial charge in [0.2, 0.25) is 0 Å². The van der Waals surface area contributed by atoms with Crippen molar-refractivity contribution in [1.82, 2.24) is 5.32 Å². The van der Waals surface area contributed by atoms with E-state index in [1.54, 1.807) is 0 Å². The number of hydrogen-bond acceptors (Lipinski definition) is 3. The predicted octanol–water partition coefficient (Wildman–Crippen LogP) is 3.02. The Bertz CT molecular complexity index is 421. The molecule has 0 radical (unpaired) electrons. The van der Waals surface area contributed by atoms with Gasteiger partial charge in [0.15, 0.2) is 0 Å². The van der Waals surface area contributed by atoms with Crippen LogP contribution in [0.5, 0.6) is 0 Å². The number of nitrogens with one attached hydrogen (secondary N) is 1. The van der Waals surface area contributed by atoms with Crippen molar-refractivity contribution in [1.29, 1.82) is 5.26 Å². The van der Waals surface area contributed by atoms with Gasteiger partial charge in [-0.1, -0.05) is 19.9 Å². The van der Waals surface area contributed by atoms with Crippen molar-refractivity contribution in [2.75, 3.05) is 19.8 Å². The summed E-state index contributed by atoms with van der Waals surface area (Å²) in [6.07, 6.45) is 1.03. The van der Waals surface area contributed by atoms with Crippen molar-refractivity contribution in [2.24, 2.45) is 5.92 Å². The van der Waals surface area contributed by atoms with E-state index >= 15 is 0 Å². The summed E-state index contributed by atoms with van der Waals surface area (Å²) in [5.74, 6) is 0.606. The summed E-state index contributed by atoms with van der Waals surface area (Å²) in [6, 6.07) is 7.99. The molecule has 0 aromatic heterocycles. The first-order valence-corrected chi connectivity index (χ1v) is 6.91. The van der Waals surface area contributed by atoms with Crippen LogP contribution < -0.4 is 5.32 Å². The van der Waals surface area contributed by atoms with Gasteiger partial charge in [0.1, 0.15) is 0 Å². The van der Waals surface area contributed by atoms with Crippen LogP contribution in [0.2, 0.25) is 0 Å². The van der Waals surface area contributed by atoms with Gasteiger partial charge in [0, 0.05) is 19.8 Å². The lowest BCUT2D eigenvalue weighted by Crippen LogP contribution is -2.17. The second-order valence-electron chi connectivity index (χ2n) is 5.25. The number of hydrogen-bond donors (Lipinski definition) is 1. The average Bonchev–Trinajstić information content (AvgIpc) is 2.38. The third-order valence-electron chi connectivity index (χ3n) is 2.88. The Balaban J connectivity index is 2.18. The molecular formula is C16H24N2O. The third kappa shape index (κ3) is 6.37. The quantitative estimate of drug-likeness (QED) is 0.731. The van der Waals surface area contributed by atoms with E-state index in [0.717, 1.165) is 38.3 Å². The van der Waals surface area contributed by atoms with Gasteiger partial charge in [-0.25, -0.2) is 0 Å². The normalized spacial score (nSPS) is 10.7. The summed E-state index contributed by atoms with van der Waals surface area (Å²) in [7, 11) is 0. The van der Waals surface area contributed by atoms with Gasteiger partial charge >= 0.3 is 0 Å². The van der Waals surface area contributed by atoms with E-state index in [1.807, 2.05) is 25.1 Å². The molecule has 104 valence electrons. The van der Waals surface area contributed by atoms with Crippen LogP contribution in [-0.4, -0.2) is 19.8 Å². The molecule has 0 aliphatic carbocycles. The Kier molecular flexibility index (Phi) is 7.17. The van der Waals surface area contributed by atoms with Crippen molar-refractivity contribution in [3.05, 3.63) is 34.9 Å². The molecule has 1 aromatic rings. The second kappa shape index (κ2) is 8.68. The number of rotatable bonds is 8. The Morgan fingerprint density at radius 2 is 2.16 bits per heavy atom. The first kappa shape index (κ1) is 15.7. The van der Waals surface area contributed by atoms with Crippen molar-refractivity contribution in [2.45, 2.75) is 33.7 Å². The molecule has 1 rings (SSSR count). The smallest absolute Gasteiger partial charge is 0.0991 e. The van der Waals surface area contributed by atoms with Crippen LogP contribution in [-0.2, 0) is 11.3 Å². The van der Waals surface area contributed by atoms with E-state index in [1.165, 1.54) is 11.1 Å². The van der Waals surface area contributed by atoms with Crippen LogP contribution in [0, 0.1) is 24.2 Å². The molecule has 0 aliphatic heterocycles. The van der Waals surface area contributed by atoms with Crippen molar-refractivity contribution >= 4 is 0 Å². The molecule has 0 saturated carbocycles. The summed E-state index contributed by atoms with van der Waals surface area (Å²) in [4.78, 5) is 0. The molecule has 0 aliphatic rings. The van der Waals surface area contributed by atoms with Crippen molar-refractivity contribution in [3.63, 3.8) is 0 Å². The Morgan fingerprint density at radius 1 is 1.37 bits per heavy atom. The van der Waals surface area contributed by atoms with Crippen LogP contribution in [0.1, 0.15) is 37.0 Å². The number of nitrogens with zero attached hydrogens (tertiary/aromatic N) is 1. The zero-order valence-electron chi connectivity index (χ0n) is 12.2. The van der Waals surface area contributed by atoms with Crippen LogP contribution in [0.25, 0.3) is 0 Å². The number of nitriles is 1. The highest BCUT2D eigenvalue weighted by Gasteiger charge is 1.99. The monoisotopic (exact) mass is 260 g/mol. The first-order chi connectivity index (χ1) is 9.13. The highest BCUT2D eigenvalue weighted by Crippen LogP contribution is 2.10. The van der Waals surface area contributed by atoms with Crippen LogP contribution in [0.4, 0.5) is 0 Å². The average molecular weight is 260 g/mol. The van der Waals surface area contributed by atoms with Crippen LogP contribution in [0.3, 0.4) is 0 Å². The lowest BCUT2D eigenvalue weighted by molar-refractivity contribution is 0.108. The molecule has 0 saturated heterocycles. The summed E-state index contributed by atoms with van der Waals surface area (Å²) >= 11 is 0. The highest BCUT2D eigenvalue weighted by atomic mass is 16.5. The number of ether oxygens (including phenoxy) is 1. The van der Waals surface area contributed by atoms with Crippen LogP contribution >= 0.6 is 0 Å². The Morgan fingerprint density at radius 3 is 2.79 bits per heavy atom. The fraction of sp³-hybridized carbons (Fsp3) is 0.562. The highest BCUT2D eigenvalue weighted by molar-refractivity contribution is 5.37. The molecule has 1 aromatic carbocycles. The third-order valence-corrected chi connectivity index (χ3v) is 2.88. The molecule has 0 spiro atoms. The van der Waals surface area contributed by atoms with E-state index in [4.69, 9.17) is 10.00 Å². The molecule has 0 unspecified atom stereocenters. The molecule has 0 heterocycles. The summed E-state index contributed by atoms with van der Waals surface area (Å²) in [5, 5.41) is 12.2. The zero-order valence-corrected chi connectivity index (χ0v) is 12.2. The minimum Gasteiger partial charge on any atom is -0.381 e. The van der Waals surface area contributed by atoms with E-state index in [0.29, 0.717) is 5.92 Å². The van der Waals surface area contributed by atoms with Gasteiger partial charge in [0.25, 0.3) is 0 Å². The molecule has 0 fully saturated rings. The van der Waals surface area contributed by atoms with E-state index < -0.39 is 0 Å². The molecular weight excluding hydrogens is 236 g/mol. The van der Waals surface area contributed by atoms with Gasteiger partial charge in [-0.2, -0.15) is 5.26 Å². The van der Waals surface area contributed by atoms with E-state index in [9.17, 15) is 0 Å². The minimum atomic E-state index is 0.606. The lowest BCUT2D eigenvalue weighted by atomic mass is 10.1. The maximum absolute atomic E-state index is 8.81. The van der Waals surface area contributed by atoms with E-state index in [2.05, 4.69) is 25.2 Å². The first-order valence-electron chi connectivity index (χ1n) is 6.91. The van der Waals surface area contributed by atoms with Gasteiger partial charge in [-0.3, -0.25) is 0 Å². The van der Waals surface area contributed by atoms with Gasteiger partial charge in [-0.05, 0) is 49.1 Å². The molecule has 3 nitrogen and oxygen atoms in total. The SMILES string of the molecule is Cc1cc(C#N)ccc1CNCCCOCC(C)C. The largest absolute Gasteiger partial charge is 0.381 e. The molecule has 0 bridgehead atoms. The summed E-state index contributed by atoms with van der Waals surface area (Å²) in [6.45, 7) is 9.83. The molecule has 3 heteroatoms. The lowest BCUT2D eigenvalue weighted by Gasteiger charge is -2.09. The number of benzene rings is 1. The molecule has 0 atom stereocenters. The summed E-state index contributed by atoms with van der Waals surface area (Å²) in [5.41, 5.74) is 3.15. The topological polar surface area (TPSA) is 45.0 Å². The van der Waals surface area contributed by atoms with Gasteiger partial charge in [0.05, 0.1) is 11.6 Å². The fourth-order valence-corrected chi connectivity index (χ4v) is 1.81. The Labute approximate surface area is 116 Å². The molecule has 19 heavy (non-hydrogen) atoms. The molecule has 0 amide bonds. The summed E-state index contributed by atoms with van der Waals surface area (Å²) < 4.78 is 5.53. The molecule has 1 N–H and O–H groups in total. The maximum Gasteiger partial charge on any atom is 0.0991 e. The number of aryl methyl sites for hydroxylation is 1. The van der Waals surface area contributed by atoms with Crippen LogP contribution in [0.15, 0.2) is 18.2 Å². The fourth-order valence-electron chi connectivity index (χ4n) is 1.81. The van der Waals surface area contributed by atoms with Gasteiger partial charge < -0.3 is 10.1 Å². The van der Waals surface area contributed by atoms with Crippen molar-refractivity contribution in [3.8, 4) is 6.07 Å². The standard InChI is InChI=1S/C16H24N2O/c1-13(2)12-19-8-4-7-18-11-16-6-5-15(10-17)9-14(16)3/h5-6,9,13,18H,4,7-8,11-12H2,1-3H3. The minimum absolute atomic E-state index is 0.606. The van der Waals surface area contributed by atoms with E-state index in [-0.39, 0.29) is 0 Å². The Hall–Kier alpha value is -1.37.